The number of carbonyl (C=O) groups excluding carboxylic acids is 1. The van der Waals surface area contributed by atoms with E-state index in [1.807, 2.05) is 0 Å². The minimum Gasteiger partial charge on any atom is -0.297 e. The van der Waals surface area contributed by atoms with Crippen LogP contribution in [0.2, 0.25) is 0 Å². The van der Waals surface area contributed by atoms with Crippen molar-refractivity contribution < 1.29 is 18.0 Å². The molecule has 0 aliphatic heterocycles. The molecular weight excluding hydrogens is 319 g/mol. The molecule has 0 radical (unpaired) electrons. The minimum atomic E-state index is -1.51. The highest BCUT2D eigenvalue weighted by molar-refractivity contribution is 5.86. The van der Waals surface area contributed by atoms with Gasteiger partial charge in [0.1, 0.15) is 12.1 Å². The molecule has 0 amide bonds. The lowest BCUT2D eigenvalue weighted by molar-refractivity contribution is -0.120. The van der Waals surface area contributed by atoms with Crippen LogP contribution in [0.5, 0.6) is 0 Å². The monoisotopic (exact) mass is 331 g/mol. The first-order valence-corrected chi connectivity index (χ1v) is 7.52. The topological polar surface area (TPSA) is 47.8 Å². The highest BCUT2D eigenvalue weighted by Crippen LogP contribution is 2.31. The predicted octanol–water partition coefficient (Wildman–Crippen LogP) is 3.49. The third-order valence-electron chi connectivity index (χ3n) is 4.15. The van der Waals surface area contributed by atoms with E-state index >= 15 is 0 Å². The van der Waals surface area contributed by atoms with Crippen molar-refractivity contribution in [2.45, 2.75) is 19.4 Å². The Bertz CT molecular complexity index is 940. The number of hydrogen-bond donors (Lipinski definition) is 0. The van der Waals surface area contributed by atoms with Crippen LogP contribution in [0.3, 0.4) is 0 Å². The van der Waals surface area contributed by atoms with Gasteiger partial charge in [-0.15, -0.1) is 0 Å². The molecule has 0 bridgehead atoms. The Hall–Kier alpha value is -2.70. The Morgan fingerprint density at radius 1 is 1.08 bits per heavy atom. The molecule has 2 heterocycles. The van der Waals surface area contributed by atoms with Crippen LogP contribution in [-0.4, -0.2) is 20.5 Å². The number of Topliss-reactive ketones (excluding diaryl/α,β-unsaturated/α-hetero) is 1. The lowest BCUT2D eigenvalue weighted by atomic mass is 10.1. The number of pyridine rings is 1. The largest absolute Gasteiger partial charge is 0.297 e. The number of rotatable bonds is 4. The lowest BCUT2D eigenvalue weighted by Gasteiger charge is -2.06. The van der Waals surface area contributed by atoms with Crippen molar-refractivity contribution in [3.63, 3.8) is 0 Å². The third kappa shape index (κ3) is 2.55. The van der Waals surface area contributed by atoms with Crippen molar-refractivity contribution in [3.8, 4) is 11.1 Å². The molecular formula is C17H12F3N3O. The van der Waals surface area contributed by atoms with Crippen molar-refractivity contribution in [2.75, 3.05) is 0 Å². The van der Waals surface area contributed by atoms with Crippen LogP contribution in [-0.2, 0) is 11.3 Å². The van der Waals surface area contributed by atoms with Gasteiger partial charge in [-0.2, -0.15) is 5.10 Å². The number of nitrogens with zero attached hydrogens (tertiary/aromatic N) is 3. The van der Waals surface area contributed by atoms with Gasteiger partial charge in [-0.05, 0) is 36.6 Å². The maximum absolute atomic E-state index is 13.4. The zero-order valence-electron chi connectivity index (χ0n) is 12.5. The molecule has 4 rings (SSSR count). The normalized spacial score (nSPS) is 14.3. The van der Waals surface area contributed by atoms with Crippen LogP contribution in [0, 0.1) is 23.4 Å². The van der Waals surface area contributed by atoms with Crippen molar-refractivity contribution in [2.24, 2.45) is 5.92 Å². The number of ketones is 1. The Balaban J connectivity index is 1.75. The van der Waals surface area contributed by atoms with Crippen LogP contribution < -0.4 is 0 Å². The molecule has 0 spiro atoms. The summed E-state index contributed by atoms with van der Waals surface area (Å²) in [6.07, 6.45) is 4.79. The molecule has 4 nitrogen and oxygen atoms in total. The van der Waals surface area contributed by atoms with Crippen molar-refractivity contribution in [3.05, 3.63) is 48.0 Å². The van der Waals surface area contributed by atoms with Crippen LogP contribution in [0.4, 0.5) is 13.2 Å². The van der Waals surface area contributed by atoms with Crippen LogP contribution in [0.15, 0.2) is 30.6 Å². The Labute approximate surface area is 134 Å². The van der Waals surface area contributed by atoms with Gasteiger partial charge in [0.2, 0.25) is 0 Å². The average molecular weight is 331 g/mol. The highest BCUT2D eigenvalue weighted by Gasteiger charge is 2.29. The van der Waals surface area contributed by atoms with Crippen LogP contribution in [0.25, 0.3) is 22.2 Å². The number of halogens is 3. The third-order valence-corrected chi connectivity index (χ3v) is 4.15. The fraction of sp³-hybridized carbons (Fsp3) is 0.235. The smallest absolute Gasteiger partial charge is 0.194 e. The predicted molar refractivity (Wildman–Crippen MR) is 80.6 cm³/mol. The molecule has 0 atom stereocenters. The average Bonchev–Trinajstić information content (AvgIpc) is 3.35. The molecule has 0 N–H and O–H groups in total. The van der Waals surface area contributed by atoms with Crippen molar-refractivity contribution >= 4 is 16.8 Å². The minimum absolute atomic E-state index is 0.112. The number of benzene rings is 1. The molecule has 7 heteroatoms. The Kier molecular flexibility index (Phi) is 3.37. The van der Waals surface area contributed by atoms with E-state index in [1.54, 1.807) is 6.07 Å². The SMILES string of the molecule is O=C(Cn1ncc2ncc(-c3cc(F)c(F)c(F)c3)cc21)C1CC1. The number of carbonyl (C=O) groups is 1. The number of fused-ring (bicyclic) bond motifs is 1. The second-order valence-electron chi connectivity index (χ2n) is 5.93. The maximum Gasteiger partial charge on any atom is 0.194 e. The van der Waals surface area contributed by atoms with Gasteiger partial charge >= 0.3 is 0 Å². The summed E-state index contributed by atoms with van der Waals surface area (Å²) in [5.41, 5.74) is 1.75. The van der Waals surface area contributed by atoms with Gasteiger partial charge in [0.25, 0.3) is 0 Å². The first-order chi connectivity index (χ1) is 11.5. The second kappa shape index (κ2) is 5.43. The summed E-state index contributed by atoms with van der Waals surface area (Å²) in [5.74, 6) is -3.80. The molecule has 122 valence electrons. The van der Waals surface area contributed by atoms with Gasteiger partial charge in [0.15, 0.2) is 23.2 Å². The van der Waals surface area contributed by atoms with Gasteiger partial charge in [-0.1, -0.05) is 0 Å². The zero-order chi connectivity index (χ0) is 16.8. The van der Waals surface area contributed by atoms with Gasteiger partial charge in [0.05, 0.1) is 11.7 Å². The fourth-order valence-electron chi connectivity index (χ4n) is 2.64. The van der Waals surface area contributed by atoms with Crippen LogP contribution in [0.1, 0.15) is 12.8 Å². The van der Waals surface area contributed by atoms with Crippen molar-refractivity contribution in [1.29, 1.82) is 0 Å². The molecule has 1 aliphatic rings. The summed E-state index contributed by atoms with van der Waals surface area (Å²) in [4.78, 5) is 16.2. The van der Waals surface area contributed by atoms with E-state index in [2.05, 4.69) is 10.1 Å². The summed E-state index contributed by atoms with van der Waals surface area (Å²) >= 11 is 0. The van der Waals surface area contributed by atoms with Gasteiger partial charge in [-0.3, -0.25) is 14.5 Å². The summed E-state index contributed by atoms with van der Waals surface area (Å²) in [5, 5.41) is 4.15. The summed E-state index contributed by atoms with van der Waals surface area (Å²) in [6, 6.07) is 3.47. The van der Waals surface area contributed by atoms with E-state index in [9.17, 15) is 18.0 Å². The molecule has 1 saturated carbocycles. The first-order valence-electron chi connectivity index (χ1n) is 7.52. The molecule has 1 fully saturated rings. The summed E-state index contributed by atoms with van der Waals surface area (Å²) in [7, 11) is 0. The van der Waals surface area contributed by atoms with Gasteiger partial charge < -0.3 is 0 Å². The second-order valence-corrected chi connectivity index (χ2v) is 5.93. The molecule has 0 unspecified atom stereocenters. The van der Waals surface area contributed by atoms with E-state index in [0.29, 0.717) is 16.6 Å². The van der Waals surface area contributed by atoms with E-state index in [4.69, 9.17) is 0 Å². The molecule has 1 aliphatic carbocycles. The Morgan fingerprint density at radius 3 is 2.46 bits per heavy atom. The molecule has 1 aromatic carbocycles. The van der Waals surface area contributed by atoms with Crippen molar-refractivity contribution in [1.82, 2.24) is 14.8 Å². The number of aromatic nitrogens is 3. The highest BCUT2D eigenvalue weighted by atomic mass is 19.2. The summed E-state index contributed by atoms with van der Waals surface area (Å²) < 4.78 is 41.5. The van der Waals surface area contributed by atoms with E-state index in [-0.39, 0.29) is 23.8 Å². The molecule has 3 aromatic rings. The van der Waals surface area contributed by atoms with Crippen LogP contribution >= 0.6 is 0 Å². The molecule has 2 aromatic heterocycles. The fourth-order valence-corrected chi connectivity index (χ4v) is 2.64. The number of hydrogen-bond acceptors (Lipinski definition) is 3. The zero-order valence-corrected chi connectivity index (χ0v) is 12.5. The molecule has 24 heavy (non-hydrogen) atoms. The molecule has 0 saturated heterocycles. The Morgan fingerprint density at radius 2 is 1.79 bits per heavy atom. The lowest BCUT2D eigenvalue weighted by Crippen LogP contribution is -2.12. The van der Waals surface area contributed by atoms with E-state index < -0.39 is 17.5 Å². The van der Waals surface area contributed by atoms with Gasteiger partial charge in [0, 0.05) is 17.7 Å². The maximum atomic E-state index is 13.4. The van der Waals surface area contributed by atoms with Gasteiger partial charge in [-0.25, -0.2) is 13.2 Å². The standard InChI is InChI=1S/C17H12F3N3O/c18-12-3-10(4-13(19)17(12)20)11-5-15-14(21-6-11)7-22-23(15)8-16(24)9-1-2-9/h3-7,9H,1-2,8H2. The summed E-state index contributed by atoms with van der Waals surface area (Å²) in [6.45, 7) is 0.144. The quantitative estimate of drug-likeness (QED) is 0.688. The first kappa shape index (κ1) is 14.9. The van der Waals surface area contributed by atoms with E-state index in [0.717, 1.165) is 25.0 Å². The van der Waals surface area contributed by atoms with E-state index in [1.165, 1.54) is 17.1 Å².